The molecule has 0 aromatic rings. The Kier molecular flexibility index (Phi) is 3.05. The van der Waals surface area contributed by atoms with Crippen LogP contribution in [0.3, 0.4) is 0 Å². The highest BCUT2D eigenvalue weighted by Gasteiger charge is 2.57. The van der Waals surface area contributed by atoms with Crippen molar-refractivity contribution in [1.29, 1.82) is 0 Å². The fraction of sp³-hybridized carbons (Fsp3) is 1.00. The first-order valence-electron chi connectivity index (χ1n) is 9.21. The molecule has 114 valence electrons. The molecule has 4 aliphatic rings. The van der Waals surface area contributed by atoms with Crippen molar-refractivity contribution >= 4 is 0 Å². The van der Waals surface area contributed by atoms with Gasteiger partial charge in [-0.1, -0.05) is 20.3 Å². The lowest BCUT2D eigenvalue weighted by Gasteiger charge is -2.60. The van der Waals surface area contributed by atoms with Gasteiger partial charge in [-0.3, -0.25) is 0 Å². The number of rotatable bonds is 0. The van der Waals surface area contributed by atoms with Gasteiger partial charge in [0.15, 0.2) is 0 Å². The summed E-state index contributed by atoms with van der Waals surface area (Å²) in [6.45, 7) is 5.19. The summed E-state index contributed by atoms with van der Waals surface area (Å²) in [5.74, 6) is 3.85. The standard InChI is InChI=1S/C19H32O/c1-18-9-3-4-16(18)15-6-5-13-12-14(20)7-11-19(13,2)17(15)8-10-18/h13-17,20H,3-12H2,1-2H3/t13?,14-,15?,16?,17?,18?,19?/m1/s1. The van der Waals surface area contributed by atoms with E-state index in [9.17, 15) is 5.11 Å². The van der Waals surface area contributed by atoms with Gasteiger partial charge in [0.25, 0.3) is 0 Å². The molecule has 0 heterocycles. The van der Waals surface area contributed by atoms with E-state index in [1.54, 1.807) is 0 Å². The fourth-order valence-corrected chi connectivity index (χ4v) is 7.23. The zero-order valence-corrected chi connectivity index (χ0v) is 13.4. The Morgan fingerprint density at radius 3 is 2.55 bits per heavy atom. The van der Waals surface area contributed by atoms with E-state index >= 15 is 0 Å². The largest absolute Gasteiger partial charge is 0.393 e. The van der Waals surface area contributed by atoms with Crippen LogP contribution in [-0.4, -0.2) is 11.2 Å². The molecule has 1 heteroatoms. The van der Waals surface area contributed by atoms with Crippen molar-refractivity contribution in [2.75, 3.05) is 0 Å². The third kappa shape index (κ3) is 1.77. The van der Waals surface area contributed by atoms with Crippen LogP contribution >= 0.6 is 0 Å². The molecule has 0 aromatic carbocycles. The summed E-state index contributed by atoms with van der Waals surface area (Å²) in [7, 11) is 0. The van der Waals surface area contributed by atoms with Gasteiger partial charge in [-0.05, 0) is 92.3 Å². The minimum atomic E-state index is 0.00459. The lowest BCUT2D eigenvalue weighted by Crippen LogP contribution is -2.53. The second-order valence-corrected chi connectivity index (χ2v) is 9.17. The van der Waals surface area contributed by atoms with E-state index in [4.69, 9.17) is 0 Å². The predicted molar refractivity (Wildman–Crippen MR) is 82.4 cm³/mol. The lowest BCUT2D eigenvalue weighted by atomic mass is 9.45. The second-order valence-electron chi connectivity index (χ2n) is 9.17. The van der Waals surface area contributed by atoms with Crippen molar-refractivity contribution in [3.63, 3.8) is 0 Å². The van der Waals surface area contributed by atoms with Gasteiger partial charge >= 0.3 is 0 Å². The van der Waals surface area contributed by atoms with Crippen molar-refractivity contribution in [2.24, 2.45) is 34.5 Å². The molecule has 4 fully saturated rings. The molecule has 1 N–H and O–H groups in total. The van der Waals surface area contributed by atoms with Gasteiger partial charge in [-0.2, -0.15) is 0 Å². The number of hydrogen-bond donors (Lipinski definition) is 1. The smallest absolute Gasteiger partial charge is 0.0543 e. The van der Waals surface area contributed by atoms with Crippen molar-refractivity contribution in [1.82, 2.24) is 0 Å². The first kappa shape index (κ1) is 13.6. The molecule has 20 heavy (non-hydrogen) atoms. The molecule has 0 aromatic heterocycles. The minimum absolute atomic E-state index is 0.00459. The Hall–Kier alpha value is -0.0400. The van der Waals surface area contributed by atoms with Crippen molar-refractivity contribution < 1.29 is 5.11 Å². The summed E-state index contributed by atoms with van der Waals surface area (Å²) in [6, 6.07) is 0. The van der Waals surface area contributed by atoms with Crippen LogP contribution in [0.4, 0.5) is 0 Å². The molecule has 0 amide bonds. The van der Waals surface area contributed by atoms with E-state index in [0.717, 1.165) is 36.5 Å². The highest BCUT2D eigenvalue weighted by Crippen LogP contribution is 2.66. The maximum atomic E-state index is 10.0. The molecule has 0 bridgehead atoms. The molecule has 6 unspecified atom stereocenters. The molecule has 0 aliphatic heterocycles. The zero-order chi connectivity index (χ0) is 14.0. The van der Waals surface area contributed by atoms with Crippen LogP contribution < -0.4 is 0 Å². The fourth-order valence-electron chi connectivity index (χ4n) is 7.23. The predicted octanol–water partition coefficient (Wildman–Crippen LogP) is 4.78. The molecule has 1 nitrogen and oxygen atoms in total. The van der Waals surface area contributed by atoms with Crippen LogP contribution in [0.25, 0.3) is 0 Å². The van der Waals surface area contributed by atoms with E-state index in [1.807, 2.05) is 0 Å². The van der Waals surface area contributed by atoms with Gasteiger partial charge in [0.05, 0.1) is 6.10 Å². The average molecular weight is 276 g/mol. The van der Waals surface area contributed by atoms with Crippen molar-refractivity contribution in [3.8, 4) is 0 Å². The van der Waals surface area contributed by atoms with Gasteiger partial charge in [0, 0.05) is 0 Å². The molecule has 0 saturated heterocycles. The van der Waals surface area contributed by atoms with Crippen LogP contribution in [0.15, 0.2) is 0 Å². The summed E-state index contributed by atoms with van der Waals surface area (Å²) >= 11 is 0. The highest BCUT2D eigenvalue weighted by molar-refractivity contribution is 5.07. The van der Waals surface area contributed by atoms with Crippen molar-refractivity contribution in [3.05, 3.63) is 0 Å². The number of hydrogen-bond acceptors (Lipinski definition) is 1. The zero-order valence-electron chi connectivity index (χ0n) is 13.4. The molecule has 4 saturated carbocycles. The van der Waals surface area contributed by atoms with E-state index in [2.05, 4.69) is 13.8 Å². The lowest BCUT2D eigenvalue weighted by molar-refractivity contribution is -0.120. The molecular formula is C19H32O. The summed E-state index contributed by atoms with van der Waals surface area (Å²) in [5, 5.41) is 10.0. The van der Waals surface area contributed by atoms with Crippen LogP contribution in [0.2, 0.25) is 0 Å². The summed E-state index contributed by atoms with van der Waals surface area (Å²) in [5.41, 5.74) is 1.25. The Morgan fingerprint density at radius 2 is 1.70 bits per heavy atom. The molecule has 4 aliphatic carbocycles. The van der Waals surface area contributed by atoms with Gasteiger partial charge in [0.1, 0.15) is 0 Å². The van der Waals surface area contributed by atoms with E-state index < -0.39 is 0 Å². The molecule has 4 rings (SSSR count). The second kappa shape index (κ2) is 4.48. The van der Waals surface area contributed by atoms with Crippen molar-refractivity contribution in [2.45, 2.75) is 84.2 Å². The Labute approximate surface area is 124 Å². The van der Waals surface area contributed by atoms with Crippen LogP contribution in [0.5, 0.6) is 0 Å². The number of aliphatic hydroxyl groups excluding tert-OH is 1. The third-order valence-electron chi connectivity index (χ3n) is 8.42. The molecule has 0 radical (unpaired) electrons. The van der Waals surface area contributed by atoms with E-state index in [1.165, 1.54) is 51.4 Å². The Balaban J connectivity index is 1.62. The van der Waals surface area contributed by atoms with Gasteiger partial charge in [-0.15, -0.1) is 0 Å². The average Bonchev–Trinajstić information content (AvgIpc) is 2.81. The minimum Gasteiger partial charge on any atom is -0.393 e. The Morgan fingerprint density at radius 1 is 0.850 bits per heavy atom. The van der Waals surface area contributed by atoms with Gasteiger partial charge in [0.2, 0.25) is 0 Å². The maximum absolute atomic E-state index is 10.0. The Bertz CT molecular complexity index is 391. The number of fused-ring (bicyclic) bond motifs is 5. The van der Waals surface area contributed by atoms with Crippen LogP contribution in [0.1, 0.15) is 78.1 Å². The van der Waals surface area contributed by atoms with Crippen LogP contribution in [-0.2, 0) is 0 Å². The number of aliphatic hydroxyl groups is 1. The summed E-state index contributed by atoms with van der Waals surface area (Å²) < 4.78 is 0. The van der Waals surface area contributed by atoms with Gasteiger partial charge < -0.3 is 5.11 Å². The van der Waals surface area contributed by atoms with Gasteiger partial charge in [-0.25, -0.2) is 0 Å². The first-order chi connectivity index (χ1) is 9.53. The summed E-state index contributed by atoms with van der Waals surface area (Å²) in [6.07, 6.45) is 13.8. The normalized spacial score (nSPS) is 58.6. The quantitative estimate of drug-likeness (QED) is 0.675. The first-order valence-corrected chi connectivity index (χ1v) is 9.21. The molecule has 7 atom stereocenters. The molecular weight excluding hydrogens is 244 g/mol. The SMILES string of the molecule is CC12CCCC1C1CCC3C[C@H](O)CCC3(C)C1CC2. The maximum Gasteiger partial charge on any atom is 0.0543 e. The topological polar surface area (TPSA) is 20.2 Å². The third-order valence-corrected chi connectivity index (χ3v) is 8.42. The highest BCUT2D eigenvalue weighted by atomic mass is 16.3. The van der Waals surface area contributed by atoms with E-state index in [0.29, 0.717) is 10.8 Å². The summed E-state index contributed by atoms with van der Waals surface area (Å²) in [4.78, 5) is 0. The molecule has 0 spiro atoms. The monoisotopic (exact) mass is 276 g/mol. The van der Waals surface area contributed by atoms with Crippen LogP contribution in [0, 0.1) is 34.5 Å². The van der Waals surface area contributed by atoms with E-state index in [-0.39, 0.29) is 6.10 Å².